The van der Waals surface area contributed by atoms with E-state index in [0.717, 1.165) is 6.07 Å². The minimum Gasteiger partial charge on any atom is -0.166 e. The highest BCUT2D eigenvalue weighted by Crippen LogP contribution is 2.32. The van der Waals surface area contributed by atoms with Crippen molar-refractivity contribution in [3.05, 3.63) is 20.5 Å². The third-order valence-electron chi connectivity index (χ3n) is 1.02. The van der Waals surface area contributed by atoms with Gasteiger partial charge >= 0.3 is 6.18 Å². The van der Waals surface area contributed by atoms with Crippen molar-refractivity contribution in [2.45, 2.75) is 6.18 Å². The van der Waals surface area contributed by atoms with Crippen molar-refractivity contribution in [2.24, 2.45) is 0 Å². The van der Waals surface area contributed by atoms with Crippen molar-refractivity contribution in [2.75, 3.05) is 0 Å². The quantitative estimate of drug-likeness (QED) is 0.689. The first-order valence-corrected chi connectivity index (χ1v) is 4.13. The molecule has 0 unspecified atom stereocenters. The first kappa shape index (κ1) is 9.97. The molecule has 0 spiro atoms. The fourth-order valence-electron chi connectivity index (χ4n) is 0.552. The van der Waals surface area contributed by atoms with Gasteiger partial charge in [0.15, 0.2) is 5.15 Å². The predicted octanol–water partition coefficient (Wildman–Crippen LogP) is 2.75. The van der Waals surface area contributed by atoms with E-state index in [2.05, 4.69) is 10.2 Å². The molecule has 0 atom stereocenters. The molecule has 1 heterocycles. The van der Waals surface area contributed by atoms with Crippen LogP contribution in [0, 0.1) is 3.70 Å². The standard InChI is InChI=1S/C5HClF3IN2/c6-3-1-2(5(7,8)9)4(10)12-11-3/h1H. The molecule has 7 heteroatoms. The van der Waals surface area contributed by atoms with Gasteiger partial charge in [-0.2, -0.15) is 13.2 Å². The second-order valence-corrected chi connectivity index (χ2v) is 3.28. The normalized spacial score (nSPS) is 11.8. The summed E-state index contributed by atoms with van der Waals surface area (Å²) in [6, 6.07) is 0.746. The Kier molecular flexibility index (Phi) is 2.77. The molecule has 1 aromatic rings. The van der Waals surface area contributed by atoms with Crippen molar-refractivity contribution < 1.29 is 13.2 Å². The van der Waals surface area contributed by atoms with Crippen LogP contribution in [0.5, 0.6) is 0 Å². The molecule has 0 saturated heterocycles. The molecule has 2 nitrogen and oxygen atoms in total. The van der Waals surface area contributed by atoms with Crippen LogP contribution in [0.4, 0.5) is 13.2 Å². The Balaban J connectivity index is 3.23. The Bertz CT molecular complexity index is 301. The Morgan fingerprint density at radius 3 is 2.33 bits per heavy atom. The van der Waals surface area contributed by atoms with E-state index in [4.69, 9.17) is 11.6 Å². The van der Waals surface area contributed by atoms with E-state index in [9.17, 15) is 13.2 Å². The Hall–Kier alpha value is -0.110. The van der Waals surface area contributed by atoms with Gasteiger partial charge in [0.25, 0.3) is 0 Å². The molecule has 0 fully saturated rings. The summed E-state index contributed by atoms with van der Waals surface area (Å²) in [4.78, 5) is 0. The van der Waals surface area contributed by atoms with Crippen LogP contribution >= 0.6 is 34.2 Å². The minimum absolute atomic E-state index is 0.204. The smallest absolute Gasteiger partial charge is 0.166 e. The molecule has 12 heavy (non-hydrogen) atoms. The molecule has 66 valence electrons. The minimum atomic E-state index is -4.42. The van der Waals surface area contributed by atoms with Crippen molar-refractivity contribution in [3.8, 4) is 0 Å². The second-order valence-electron chi connectivity index (χ2n) is 1.87. The SMILES string of the molecule is FC(F)(F)c1cc(Cl)nnc1I. The molecule has 0 aliphatic heterocycles. The number of hydrogen-bond donors (Lipinski definition) is 0. The molecule has 0 N–H and O–H groups in total. The summed E-state index contributed by atoms with van der Waals surface area (Å²) in [5.41, 5.74) is -0.858. The number of aromatic nitrogens is 2. The van der Waals surface area contributed by atoms with E-state index >= 15 is 0 Å². The fraction of sp³-hybridized carbons (Fsp3) is 0.200. The lowest BCUT2D eigenvalue weighted by Crippen LogP contribution is -2.09. The maximum Gasteiger partial charge on any atom is 0.419 e. The van der Waals surface area contributed by atoms with E-state index in [1.165, 1.54) is 22.6 Å². The van der Waals surface area contributed by atoms with Gasteiger partial charge in [0.1, 0.15) is 3.70 Å². The highest BCUT2D eigenvalue weighted by Gasteiger charge is 2.34. The molecule has 0 aliphatic carbocycles. The summed E-state index contributed by atoms with van der Waals surface area (Å²) in [6.45, 7) is 0. The molecule has 0 radical (unpaired) electrons. The van der Waals surface area contributed by atoms with Gasteiger partial charge in [0.2, 0.25) is 0 Å². The molecular formula is C5HClF3IN2. The van der Waals surface area contributed by atoms with Crippen LogP contribution < -0.4 is 0 Å². The van der Waals surface area contributed by atoms with Gasteiger partial charge in [-0.05, 0) is 28.7 Å². The van der Waals surface area contributed by atoms with Gasteiger partial charge in [-0.25, -0.2) is 0 Å². The predicted molar refractivity (Wildman–Crippen MR) is 44.8 cm³/mol. The largest absolute Gasteiger partial charge is 0.419 e. The molecular weight excluding hydrogens is 307 g/mol. The van der Waals surface area contributed by atoms with Crippen LogP contribution in [0.2, 0.25) is 5.15 Å². The molecule has 1 aromatic heterocycles. The molecule has 0 aliphatic rings. The monoisotopic (exact) mass is 308 g/mol. The van der Waals surface area contributed by atoms with Crippen LogP contribution in [0.1, 0.15) is 5.56 Å². The van der Waals surface area contributed by atoms with Gasteiger partial charge in [0.05, 0.1) is 5.56 Å². The highest BCUT2D eigenvalue weighted by molar-refractivity contribution is 14.1. The summed E-state index contributed by atoms with van der Waals surface area (Å²) in [6.07, 6.45) is -4.42. The topological polar surface area (TPSA) is 25.8 Å². The number of hydrogen-bond acceptors (Lipinski definition) is 2. The van der Waals surface area contributed by atoms with Gasteiger partial charge in [-0.15, -0.1) is 10.2 Å². The third-order valence-corrected chi connectivity index (χ3v) is 2.01. The van der Waals surface area contributed by atoms with E-state index < -0.39 is 11.7 Å². The second kappa shape index (κ2) is 3.33. The molecule has 0 aromatic carbocycles. The summed E-state index contributed by atoms with van der Waals surface area (Å²) < 4.78 is 36.1. The Morgan fingerprint density at radius 2 is 1.92 bits per heavy atom. The maximum atomic E-state index is 12.1. The van der Waals surface area contributed by atoms with Gasteiger partial charge < -0.3 is 0 Å². The summed E-state index contributed by atoms with van der Waals surface area (Å²) in [5, 5.41) is 6.23. The average Bonchev–Trinajstić information content (AvgIpc) is 1.92. The Morgan fingerprint density at radius 1 is 1.33 bits per heavy atom. The van der Waals surface area contributed by atoms with E-state index in [1.54, 1.807) is 0 Å². The zero-order valence-electron chi connectivity index (χ0n) is 5.36. The van der Waals surface area contributed by atoms with Crippen LogP contribution in [-0.4, -0.2) is 10.2 Å². The van der Waals surface area contributed by atoms with Crippen LogP contribution in [0.25, 0.3) is 0 Å². The lowest BCUT2D eigenvalue weighted by molar-refractivity contribution is -0.138. The Labute approximate surface area is 84.3 Å². The average molecular weight is 308 g/mol. The van der Waals surface area contributed by atoms with Crippen LogP contribution in [-0.2, 0) is 6.18 Å². The van der Waals surface area contributed by atoms with Gasteiger partial charge in [-0.3, -0.25) is 0 Å². The molecule has 0 amide bonds. The number of halogens is 5. The number of rotatable bonds is 0. The first-order chi connectivity index (χ1) is 5.41. The zero-order chi connectivity index (χ0) is 9.35. The van der Waals surface area contributed by atoms with E-state index in [-0.39, 0.29) is 8.85 Å². The number of alkyl halides is 3. The summed E-state index contributed by atoms with van der Waals surface area (Å²) >= 11 is 6.70. The van der Waals surface area contributed by atoms with Crippen LogP contribution in [0.3, 0.4) is 0 Å². The third kappa shape index (κ3) is 2.19. The van der Waals surface area contributed by atoms with Crippen molar-refractivity contribution in [3.63, 3.8) is 0 Å². The van der Waals surface area contributed by atoms with Crippen molar-refractivity contribution in [1.82, 2.24) is 10.2 Å². The molecule has 0 saturated carbocycles. The lowest BCUT2D eigenvalue weighted by Gasteiger charge is -2.06. The molecule has 0 bridgehead atoms. The van der Waals surface area contributed by atoms with E-state index in [1.807, 2.05) is 0 Å². The first-order valence-electron chi connectivity index (χ1n) is 2.67. The highest BCUT2D eigenvalue weighted by atomic mass is 127. The summed E-state index contributed by atoms with van der Waals surface area (Å²) in [7, 11) is 0. The molecule has 1 rings (SSSR count). The van der Waals surface area contributed by atoms with Crippen LogP contribution in [0.15, 0.2) is 6.07 Å². The summed E-state index contributed by atoms with van der Waals surface area (Å²) in [5.74, 6) is 0. The van der Waals surface area contributed by atoms with Gasteiger partial charge in [0, 0.05) is 0 Å². The maximum absolute atomic E-state index is 12.1. The van der Waals surface area contributed by atoms with E-state index in [0.29, 0.717) is 0 Å². The van der Waals surface area contributed by atoms with Crippen molar-refractivity contribution >= 4 is 34.2 Å². The fourth-order valence-corrected chi connectivity index (χ4v) is 1.27. The van der Waals surface area contributed by atoms with Gasteiger partial charge in [-0.1, -0.05) is 11.6 Å². The zero-order valence-corrected chi connectivity index (χ0v) is 8.28. The van der Waals surface area contributed by atoms with Crippen molar-refractivity contribution in [1.29, 1.82) is 0 Å². The lowest BCUT2D eigenvalue weighted by atomic mass is 10.3. The number of nitrogens with zero attached hydrogens (tertiary/aromatic N) is 2.